The molecule has 25 heavy (non-hydrogen) atoms. The first-order valence-electron chi connectivity index (χ1n) is 8.85. The summed E-state index contributed by atoms with van der Waals surface area (Å²) in [6.45, 7) is 5.55. The average Bonchev–Trinajstić information content (AvgIpc) is 3.10. The van der Waals surface area contributed by atoms with Crippen LogP contribution in [0.25, 0.3) is 16.7 Å². The summed E-state index contributed by atoms with van der Waals surface area (Å²) in [4.78, 5) is 6.95. The molecule has 0 amide bonds. The van der Waals surface area contributed by atoms with Gasteiger partial charge in [0.1, 0.15) is 12.1 Å². The number of hydrogen-bond acceptors (Lipinski definition) is 4. The topological polar surface area (TPSA) is 39.5 Å². The summed E-state index contributed by atoms with van der Waals surface area (Å²) < 4.78 is 13.4. The van der Waals surface area contributed by atoms with E-state index in [1.165, 1.54) is 0 Å². The predicted octanol–water partition coefficient (Wildman–Crippen LogP) is 3.13. The average molecular weight is 337 g/mol. The number of hydrogen-bond donors (Lipinski definition) is 0. The molecule has 0 unspecified atom stereocenters. The van der Waals surface area contributed by atoms with E-state index in [1.807, 2.05) is 36.7 Å². The number of nitrogens with zero attached hydrogens (tertiary/aromatic N) is 3. The summed E-state index contributed by atoms with van der Waals surface area (Å²) in [5.74, 6) is 0.882. The van der Waals surface area contributed by atoms with Crippen LogP contribution in [0.15, 0.2) is 54.9 Å². The van der Waals surface area contributed by atoms with Crippen LogP contribution in [0.1, 0.15) is 6.42 Å². The zero-order chi connectivity index (χ0) is 16.9. The second-order valence-corrected chi connectivity index (χ2v) is 6.26. The van der Waals surface area contributed by atoms with Crippen LogP contribution in [0.2, 0.25) is 0 Å². The zero-order valence-corrected chi connectivity index (χ0v) is 14.3. The second-order valence-electron chi connectivity index (χ2n) is 6.26. The Morgan fingerprint density at radius 2 is 1.88 bits per heavy atom. The lowest BCUT2D eigenvalue weighted by Crippen LogP contribution is -2.37. The minimum atomic E-state index is 0.724. The Kier molecular flexibility index (Phi) is 4.95. The largest absolute Gasteiger partial charge is 0.493 e. The number of aromatic nitrogens is 2. The Balaban J connectivity index is 1.37. The summed E-state index contributed by atoms with van der Waals surface area (Å²) in [5.41, 5.74) is 3.16. The Morgan fingerprint density at radius 1 is 1.04 bits per heavy atom. The highest BCUT2D eigenvalue weighted by Crippen LogP contribution is 2.22. The van der Waals surface area contributed by atoms with Crippen molar-refractivity contribution in [2.24, 2.45) is 0 Å². The Morgan fingerprint density at radius 3 is 2.72 bits per heavy atom. The van der Waals surface area contributed by atoms with Gasteiger partial charge in [0.05, 0.1) is 30.9 Å². The molecule has 1 saturated heterocycles. The molecule has 0 aliphatic carbocycles. The molecule has 1 aliphatic rings. The monoisotopic (exact) mass is 337 g/mol. The number of benzene rings is 2. The van der Waals surface area contributed by atoms with Gasteiger partial charge in [-0.15, -0.1) is 0 Å². The van der Waals surface area contributed by atoms with Crippen molar-refractivity contribution < 1.29 is 9.47 Å². The molecule has 0 N–H and O–H groups in total. The van der Waals surface area contributed by atoms with Gasteiger partial charge in [-0.3, -0.25) is 9.47 Å². The number of imidazole rings is 1. The van der Waals surface area contributed by atoms with Crippen LogP contribution in [0.3, 0.4) is 0 Å². The highest BCUT2D eigenvalue weighted by atomic mass is 16.5. The summed E-state index contributed by atoms with van der Waals surface area (Å²) in [7, 11) is 0. The van der Waals surface area contributed by atoms with E-state index >= 15 is 0 Å². The van der Waals surface area contributed by atoms with Gasteiger partial charge < -0.3 is 9.47 Å². The maximum Gasteiger partial charge on any atom is 0.121 e. The molecule has 0 saturated carbocycles. The van der Waals surface area contributed by atoms with E-state index in [4.69, 9.17) is 9.47 Å². The van der Waals surface area contributed by atoms with Gasteiger partial charge in [-0.05, 0) is 30.7 Å². The van der Waals surface area contributed by atoms with Gasteiger partial charge in [-0.25, -0.2) is 4.98 Å². The summed E-state index contributed by atoms with van der Waals surface area (Å²) in [6.07, 6.45) is 2.89. The highest BCUT2D eigenvalue weighted by molar-refractivity contribution is 5.78. The molecule has 2 aromatic carbocycles. The number of morpholine rings is 1. The normalized spacial score (nSPS) is 15.5. The van der Waals surface area contributed by atoms with Crippen molar-refractivity contribution in [3.05, 3.63) is 54.9 Å². The minimum Gasteiger partial charge on any atom is -0.493 e. The van der Waals surface area contributed by atoms with E-state index in [-0.39, 0.29) is 0 Å². The van der Waals surface area contributed by atoms with Crippen LogP contribution >= 0.6 is 0 Å². The predicted molar refractivity (Wildman–Crippen MR) is 98.4 cm³/mol. The second kappa shape index (κ2) is 7.68. The molecule has 0 spiro atoms. The molecular formula is C20H23N3O2. The molecule has 5 heteroatoms. The number of fused-ring (bicyclic) bond motifs is 1. The molecule has 1 aromatic heterocycles. The van der Waals surface area contributed by atoms with E-state index in [2.05, 4.69) is 32.7 Å². The number of ether oxygens (including phenoxy) is 2. The Bertz CT molecular complexity index is 810. The van der Waals surface area contributed by atoms with Gasteiger partial charge in [-0.1, -0.05) is 18.2 Å². The van der Waals surface area contributed by atoms with Crippen LogP contribution in [0, 0.1) is 0 Å². The summed E-state index contributed by atoms with van der Waals surface area (Å²) in [5, 5.41) is 0. The molecule has 130 valence electrons. The first kappa shape index (κ1) is 16.1. The van der Waals surface area contributed by atoms with E-state index in [0.717, 1.165) is 68.3 Å². The molecule has 1 aliphatic heterocycles. The molecule has 4 rings (SSSR count). The van der Waals surface area contributed by atoms with E-state index in [0.29, 0.717) is 0 Å². The summed E-state index contributed by atoms with van der Waals surface area (Å²) in [6, 6.07) is 16.4. The maximum atomic E-state index is 5.91. The fourth-order valence-corrected chi connectivity index (χ4v) is 3.18. The summed E-state index contributed by atoms with van der Waals surface area (Å²) >= 11 is 0. The molecular weight excluding hydrogens is 314 g/mol. The van der Waals surface area contributed by atoms with Crippen molar-refractivity contribution in [2.45, 2.75) is 6.42 Å². The van der Waals surface area contributed by atoms with Crippen LogP contribution in [-0.2, 0) is 4.74 Å². The number of rotatable bonds is 6. The fourth-order valence-electron chi connectivity index (χ4n) is 3.18. The standard InChI is InChI=1S/C20H23N3O2/c1-2-5-17(6-3-1)23-16-21-19-15-18(7-8-20(19)23)25-12-4-9-22-10-13-24-14-11-22/h1-3,5-8,15-16H,4,9-14H2. The smallest absolute Gasteiger partial charge is 0.121 e. The first-order valence-corrected chi connectivity index (χ1v) is 8.85. The third kappa shape index (κ3) is 3.83. The van der Waals surface area contributed by atoms with Crippen molar-refractivity contribution in [3.8, 4) is 11.4 Å². The maximum absolute atomic E-state index is 5.91. The Labute approximate surface area is 147 Å². The van der Waals surface area contributed by atoms with E-state index < -0.39 is 0 Å². The van der Waals surface area contributed by atoms with Gasteiger partial charge in [0, 0.05) is 31.4 Å². The van der Waals surface area contributed by atoms with Gasteiger partial charge in [0.2, 0.25) is 0 Å². The molecule has 2 heterocycles. The van der Waals surface area contributed by atoms with Gasteiger partial charge >= 0.3 is 0 Å². The highest BCUT2D eigenvalue weighted by Gasteiger charge is 2.10. The molecule has 1 fully saturated rings. The molecule has 0 atom stereocenters. The molecule has 0 radical (unpaired) electrons. The van der Waals surface area contributed by atoms with Crippen molar-refractivity contribution in [1.82, 2.24) is 14.5 Å². The van der Waals surface area contributed by atoms with E-state index in [1.54, 1.807) is 0 Å². The SMILES string of the molecule is c1ccc(-n2cnc3cc(OCCCN4CCOCC4)ccc32)cc1. The quantitative estimate of drug-likeness (QED) is 0.648. The van der Waals surface area contributed by atoms with E-state index in [9.17, 15) is 0 Å². The first-order chi connectivity index (χ1) is 12.4. The van der Waals surface area contributed by atoms with Crippen molar-refractivity contribution in [1.29, 1.82) is 0 Å². The van der Waals surface area contributed by atoms with Crippen LogP contribution in [0.5, 0.6) is 5.75 Å². The van der Waals surface area contributed by atoms with Gasteiger partial charge in [-0.2, -0.15) is 0 Å². The third-order valence-electron chi connectivity index (χ3n) is 4.54. The Hall–Kier alpha value is -2.37. The zero-order valence-electron chi connectivity index (χ0n) is 14.3. The molecule has 3 aromatic rings. The van der Waals surface area contributed by atoms with Crippen LogP contribution < -0.4 is 4.74 Å². The fraction of sp³-hybridized carbons (Fsp3) is 0.350. The lowest BCUT2D eigenvalue weighted by Gasteiger charge is -2.26. The minimum absolute atomic E-state index is 0.724. The lowest BCUT2D eigenvalue weighted by atomic mass is 10.2. The van der Waals surface area contributed by atoms with Crippen LogP contribution in [-0.4, -0.2) is 53.9 Å². The van der Waals surface area contributed by atoms with Crippen LogP contribution in [0.4, 0.5) is 0 Å². The van der Waals surface area contributed by atoms with Gasteiger partial charge in [0.25, 0.3) is 0 Å². The molecule has 0 bridgehead atoms. The lowest BCUT2D eigenvalue weighted by molar-refractivity contribution is 0.0358. The number of para-hydroxylation sites is 1. The van der Waals surface area contributed by atoms with Crippen molar-refractivity contribution in [2.75, 3.05) is 39.5 Å². The van der Waals surface area contributed by atoms with Gasteiger partial charge in [0.15, 0.2) is 0 Å². The van der Waals surface area contributed by atoms with Crippen molar-refractivity contribution in [3.63, 3.8) is 0 Å². The molecule has 5 nitrogen and oxygen atoms in total. The van der Waals surface area contributed by atoms with Crippen molar-refractivity contribution >= 4 is 11.0 Å². The third-order valence-corrected chi connectivity index (χ3v) is 4.54.